The van der Waals surface area contributed by atoms with E-state index in [9.17, 15) is 13.2 Å². The molecule has 0 saturated carbocycles. The van der Waals surface area contributed by atoms with E-state index in [0.29, 0.717) is 6.42 Å². The minimum atomic E-state index is -3.98. The van der Waals surface area contributed by atoms with Gasteiger partial charge in [-0.3, -0.25) is 0 Å². The number of hydrogen-bond acceptors (Lipinski definition) is 6. The Labute approximate surface area is 118 Å². The molecule has 0 aliphatic rings. The molecule has 7 nitrogen and oxygen atoms in total. The molecule has 0 aliphatic heterocycles. The van der Waals surface area contributed by atoms with Crippen molar-refractivity contribution < 1.29 is 27.5 Å². The second-order valence-electron chi connectivity index (χ2n) is 4.32. The van der Waals surface area contributed by atoms with E-state index in [1.807, 2.05) is 0 Å². The molecule has 2 N–H and O–H groups in total. The molecule has 0 bridgehead atoms. The maximum atomic E-state index is 12.3. The highest BCUT2D eigenvalue weighted by Gasteiger charge is 2.32. The summed E-state index contributed by atoms with van der Waals surface area (Å²) >= 11 is 0. The van der Waals surface area contributed by atoms with Crippen LogP contribution in [-0.2, 0) is 14.8 Å². The largest absolute Gasteiger partial charge is 0.465 e. The summed E-state index contributed by atoms with van der Waals surface area (Å²) in [6, 6.07) is -0.625. The highest BCUT2D eigenvalue weighted by molar-refractivity contribution is 7.89. The predicted octanol–water partition coefficient (Wildman–Crippen LogP) is 0.732. The van der Waals surface area contributed by atoms with Crippen molar-refractivity contribution in [3.05, 3.63) is 17.1 Å². The van der Waals surface area contributed by atoms with Gasteiger partial charge >= 0.3 is 5.97 Å². The quantitative estimate of drug-likeness (QED) is 0.751. The first-order valence-electron chi connectivity index (χ1n) is 6.09. The SMILES string of the molecule is CC[C@@H](CO)NS(=O)(=O)c1c(C)oc(C)c1C(=O)OC. The van der Waals surface area contributed by atoms with Crippen LogP contribution in [0.15, 0.2) is 9.31 Å². The lowest BCUT2D eigenvalue weighted by atomic mass is 10.2. The average molecular weight is 305 g/mol. The number of aliphatic hydroxyl groups excluding tert-OH is 1. The monoisotopic (exact) mass is 305 g/mol. The smallest absolute Gasteiger partial charge is 0.342 e. The Balaban J connectivity index is 3.35. The van der Waals surface area contributed by atoms with E-state index in [1.165, 1.54) is 13.8 Å². The minimum Gasteiger partial charge on any atom is -0.465 e. The highest BCUT2D eigenvalue weighted by atomic mass is 32.2. The maximum Gasteiger partial charge on any atom is 0.342 e. The van der Waals surface area contributed by atoms with Crippen LogP contribution < -0.4 is 4.72 Å². The molecule has 0 unspecified atom stereocenters. The molecule has 114 valence electrons. The Bertz CT molecular complexity index is 585. The number of methoxy groups -OCH3 is 1. The van der Waals surface area contributed by atoms with Crippen molar-refractivity contribution in [2.45, 2.75) is 38.1 Å². The van der Waals surface area contributed by atoms with Crippen LogP contribution in [0.2, 0.25) is 0 Å². The molecule has 0 saturated heterocycles. The van der Waals surface area contributed by atoms with Crippen LogP contribution in [0.4, 0.5) is 0 Å². The summed E-state index contributed by atoms with van der Waals surface area (Å²) in [4.78, 5) is 11.5. The zero-order valence-corrected chi connectivity index (χ0v) is 12.7. The first-order valence-corrected chi connectivity index (χ1v) is 7.58. The molecule has 8 heteroatoms. The number of carbonyl (C=O) groups excluding carboxylic acids is 1. The second-order valence-corrected chi connectivity index (χ2v) is 5.97. The van der Waals surface area contributed by atoms with E-state index in [2.05, 4.69) is 9.46 Å². The highest BCUT2D eigenvalue weighted by Crippen LogP contribution is 2.27. The Kier molecular flexibility index (Phi) is 5.32. The number of rotatable bonds is 6. The molecule has 0 aromatic carbocycles. The molecule has 0 spiro atoms. The van der Waals surface area contributed by atoms with Gasteiger partial charge in [0.1, 0.15) is 22.0 Å². The summed E-state index contributed by atoms with van der Waals surface area (Å²) in [6.07, 6.45) is 0.416. The van der Waals surface area contributed by atoms with Gasteiger partial charge in [-0.05, 0) is 20.3 Å². The Morgan fingerprint density at radius 1 is 1.40 bits per heavy atom. The topological polar surface area (TPSA) is 106 Å². The molecule has 1 atom stereocenters. The fourth-order valence-electron chi connectivity index (χ4n) is 1.85. The van der Waals surface area contributed by atoms with Gasteiger partial charge in [0.2, 0.25) is 10.0 Å². The fourth-order valence-corrected chi connectivity index (χ4v) is 3.57. The number of ether oxygens (including phenoxy) is 1. The number of furan rings is 1. The van der Waals surface area contributed by atoms with Crippen molar-refractivity contribution >= 4 is 16.0 Å². The third kappa shape index (κ3) is 3.20. The molecule has 0 radical (unpaired) electrons. The Morgan fingerprint density at radius 2 is 2.00 bits per heavy atom. The number of nitrogens with one attached hydrogen (secondary N) is 1. The van der Waals surface area contributed by atoms with E-state index in [4.69, 9.17) is 9.52 Å². The lowest BCUT2D eigenvalue weighted by Crippen LogP contribution is -2.37. The Morgan fingerprint density at radius 3 is 2.45 bits per heavy atom. The molecule has 0 fully saturated rings. The van der Waals surface area contributed by atoms with Gasteiger partial charge in [0.25, 0.3) is 0 Å². The maximum absolute atomic E-state index is 12.3. The third-order valence-corrected chi connectivity index (χ3v) is 4.57. The second kappa shape index (κ2) is 6.38. The molecule has 0 amide bonds. The first-order chi connectivity index (χ1) is 9.28. The van der Waals surface area contributed by atoms with E-state index >= 15 is 0 Å². The predicted molar refractivity (Wildman–Crippen MR) is 71.0 cm³/mol. The standard InChI is InChI=1S/C12H19NO6S/c1-5-9(6-14)13-20(16,17)11-8(3)19-7(2)10(11)12(15)18-4/h9,13-14H,5-6H2,1-4H3/t9-/m0/s1. The molecule has 1 aromatic heterocycles. The van der Waals surface area contributed by atoms with Gasteiger partial charge in [0, 0.05) is 6.04 Å². The van der Waals surface area contributed by atoms with Crippen molar-refractivity contribution in [1.82, 2.24) is 4.72 Å². The fraction of sp³-hybridized carbons (Fsp3) is 0.583. The molecule has 1 rings (SSSR count). The van der Waals surface area contributed by atoms with Crippen molar-refractivity contribution in [2.24, 2.45) is 0 Å². The Hall–Kier alpha value is -1.38. The number of carbonyl (C=O) groups is 1. The van der Waals surface area contributed by atoms with Gasteiger partial charge in [-0.2, -0.15) is 0 Å². The van der Waals surface area contributed by atoms with Gasteiger partial charge < -0.3 is 14.3 Å². The minimum absolute atomic E-state index is 0.100. The van der Waals surface area contributed by atoms with Crippen molar-refractivity contribution in [3.63, 3.8) is 0 Å². The average Bonchev–Trinajstić information content (AvgIpc) is 2.70. The molecular weight excluding hydrogens is 286 g/mol. The molecule has 20 heavy (non-hydrogen) atoms. The zero-order valence-electron chi connectivity index (χ0n) is 11.9. The van der Waals surface area contributed by atoms with Crippen molar-refractivity contribution in [2.75, 3.05) is 13.7 Å². The van der Waals surface area contributed by atoms with Gasteiger partial charge in [0.15, 0.2) is 0 Å². The molecule has 0 aliphatic carbocycles. The molecule has 1 heterocycles. The summed E-state index contributed by atoms with van der Waals surface area (Å²) < 4.78 is 36.8. The van der Waals surface area contributed by atoms with Crippen LogP contribution in [0.3, 0.4) is 0 Å². The number of esters is 1. The third-order valence-electron chi connectivity index (χ3n) is 2.90. The van der Waals surface area contributed by atoms with Gasteiger partial charge in [-0.25, -0.2) is 17.9 Å². The summed E-state index contributed by atoms with van der Waals surface area (Å²) in [5.74, 6) is -0.508. The van der Waals surface area contributed by atoms with E-state index in [0.717, 1.165) is 7.11 Å². The summed E-state index contributed by atoms with van der Waals surface area (Å²) in [7, 11) is -2.82. The zero-order chi connectivity index (χ0) is 15.5. The molecule has 1 aromatic rings. The van der Waals surface area contributed by atoms with Crippen LogP contribution in [0.5, 0.6) is 0 Å². The van der Waals surface area contributed by atoms with Crippen molar-refractivity contribution in [1.29, 1.82) is 0 Å². The first kappa shape index (κ1) is 16.7. The summed E-state index contributed by atoms with van der Waals surface area (Å²) in [5, 5.41) is 9.09. The van der Waals surface area contributed by atoms with Gasteiger partial charge in [0.05, 0.1) is 13.7 Å². The van der Waals surface area contributed by atoms with Crippen LogP contribution >= 0.6 is 0 Å². The summed E-state index contributed by atoms with van der Waals surface area (Å²) in [5.41, 5.74) is -0.120. The van der Waals surface area contributed by atoms with E-state index in [-0.39, 0.29) is 28.6 Å². The number of aryl methyl sites for hydroxylation is 2. The molecular formula is C12H19NO6S. The van der Waals surface area contributed by atoms with Crippen molar-refractivity contribution in [3.8, 4) is 0 Å². The lowest BCUT2D eigenvalue weighted by Gasteiger charge is -2.14. The lowest BCUT2D eigenvalue weighted by molar-refractivity contribution is 0.0595. The number of sulfonamides is 1. The van der Waals surface area contributed by atoms with Gasteiger partial charge in [-0.15, -0.1) is 0 Å². The van der Waals surface area contributed by atoms with Gasteiger partial charge in [-0.1, -0.05) is 6.92 Å². The van der Waals surface area contributed by atoms with Crippen LogP contribution in [0, 0.1) is 13.8 Å². The normalized spacial score (nSPS) is 13.2. The van der Waals surface area contributed by atoms with Crippen LogP contribution in [0.1, 0.15) is 35.2 Å². The van der Waals surface area contributed by atoms with E-state index < -0.39 is 22.0 Å². The summed E-state index contributed by atoms with van der Waals surface area (Å²) in [6.45, 7) is 4.34. The number of aliphatic hydroxyl groups is 1. The van der Waals surface area contributed by atoms with Crippen LogP contribution in [0.25, 0.3) is 0 Å². The number of hydrogen-bond donors (Lipinski definition) is 2. The van der Waals surface area contributed by atoms with Crippen LogP contribution in [-0.4, -0.2) is 39.3 Å². The van der Waals surface area contributed by atoms with E-state index in [1.54, 1.807) is 6.92 Å².